The number of carbonyl (C=O) groups excluding carboxylic acids is 1. The Balaban J connectivity index is 1.66. The molecule has 6 N–H and O–H groups in total. The number of anilines is 1. The first-order chi connectivity index (χ1) is 17.4. The number of nitrogens with one attached hydrogen (secondary N) is 2. The van der Waals surface area contributed by atoms with E-state index in [2.05, 4.69) is 26.4 Å². The van der Waals surface area contributed by atoms with Crippen LogP contribution in [0.5, 0.6) is 5.75 Å². The van der Waals surface area contributed by atoms with Crippen LogP contribution in [0.4, 0.5) is 10.5 Å². The number of carbonyl (C=O) groups is 1. The molecule has 0 radical (unpaired) electrons. The molecule has 1 heterocycles. The highest BCUT2D eigenvalue weighted by Crippen LogP contribution is 2.43. The van der Waals surface area contributed by atoms with Gasteiger partial charge in [-0.2, -0.15) is 10.4 Å². The number of nitrogens with zero attached hydrogens (tertiary/aromatic N) is 3. The Bertz CT molecular complexity index is 1300. The molecule has 0 spiro atoms. The number of hydrogen-bond donors (Lipinski definition) is 4. The van der Waals surface area contributed by atoms with Crippen molar-refractivity contribution in [3.8, 4) is 23.1 Å². The molecule has 2 amide bonds. The first kappa shape index (κ1) is 24.9. The third kappa shape index (κ3) is 5.38. The number of nitriles is 1. The summed E-state index contributed by atoms with van der Waals surface area (Å²) in [6.45, 7) is 4.31. The van der Waals surface area contributed by atoms with E-state index in [9.17, 15) is 10.1 Å². The summed E-state index contributed by atoms with van der Waals surface area (Å²) in [5, 5.41) is 20.2. The molecule has 9 heteroatoms. The van der Waals surface area contributed by atoms with Crippen LogP contribution in [0.1, 0.15) is 57.6 Å². The number of hydrazone groups is 1. The number of amides is 2. The van der Waals surface area contributed by atoms with Gasteiger partial charge in [0.1, 0.15) is 17.7 Å². The number of urea groups is 1. The number of amidine groups is 1. The minimum atomic E-state index is -0.246. The summed E-state index contributed by atoms with van der Waals surface area (Å²) in [6, 6.07) is 16.1. The molecule has 1 aromatic heterocycles. The van der Waals surface area contributed by atoms with Crippen LogP contribution >= 0.6 is 0 Å². The lowest BCUT2D eigenvalue weighted by Gasteiger charge is -2.30. The van der Waals surface area contributed by atoms with Crippen molar-refractivity contribution >= 4 is 28.5 Å². The van der Waals surface area contributed by atoms with E-state index >= 15 is 0 Å². The van der Waals surface area contributed by atoms with Gasteiger partial charge in [-0.05, 0) is 69.4 Å². The van der Waals surface area contributed by atoms with Crippen LogP contribution in [0.25, 0.3) is 22.2 Å². The normalized spacial score (nSPS) is 13.9. The van der Waals surface area contributed by atoms with Crippen molar-refractivity contribution in [2.45, 2.75) is 58.0 Å². The van der Waals surface area contributed by atoms with Crippen molar-refractivity contribution in [3.63, 3.8) is 0 Å². The van der Waals surface area contributed by atoms with Crippen molar-refractivity contribution in [3.05, 3.63) is 48.0 Å². The minimum absolute atomic E-state index is 0.0485. The molecule has 0 atom stereocenters. The number of benzene rings is 2. The highest BCUT2D eigenvalue weighted by molar-refractivity contribution is 5.96. The molecule has 1 saturated carbocycles. The summed E-state index contributed by atoms with van der Waals surface area (Å²) >= 11 is 0. The van der Waals surface area contributed by atoms with E-state index in [1.165, 1.54) is 6.42 Å². The highest BCUT2D eigenvalue weighted by atomic mass is 16.5. The molecule has 9 nitrogen and oxygen atoms in total. The van der Waals surface area contributed by atoms with Gasteiger partial charge in [0.25, 0.3) is 0 Å². The van der Waals surface area contributed by atoms with Gasteiger partial charge in [-0.15, -0.1) is 0 Å². The summed E-state index contributed by atoms with van der Waals surface area (Å²) in [5.41, 5.74) is 9.82. The molecule has 2 aromatic carbocycles. The number of ether oxygens (including phenoxy) is 1. The van der Waals surface area contributed by atoms with Crippen LogP contribution in [0.2, 0.25) is 0 Å². The summed E-state index contributed by atoms with van der Waals surface area (Å²) in [5.74, 6) is 6.33. The summed E-state index contributed by atoms with van der Waals surface area (Å²) in [7, 11) is 0. The Hall–Kier alpha value is -4.19. The van der Waals surface area contributed by atoms with Crippen LogP contribution in [0, 0.1) is 11.3 Å². The zero-order valence-electron chi connectivity index (χ0n) is 20.8. The minimum Gasteiger partial charge on any atom is -0.494 e. The van der Waals surface area contributed by atoms with Crippen molar-refractivity contribution in [2.24, 2.45) is 16.7 Å². The van der Waals surface area contributed by atoms with Crippen LogP contribution < -0.4 is 26.9 Å². The second-order valence-electron chi connectivity index (χ2n) is 9.37. The first-order valence-corrected chi connectivity index (χ1v) is 12.3. The molecule has 0 saturated heterocycles. The molecule has 1 aliphatic carbocycles. The Morgan fingerprint density at radius 3 is 2.61 bits per heavy atom. The standard InChI is InChI=1S/C27H33N7O2/c1-17(2)31-27(35)32-19-10-8-18(9-11-19)26-23(16-28)22-13-12-21(36-14-4-7-25(29)33-30)15-24(22)34(26)20-5-3-6-20/h8-13,15,17,20H,3-7,14,30H2,1-2H3,(H2,29,33)(H2,31,32,35). The number of aromatic nitrogens is 1. The van der Waals surface area contributed by atoms with Crippen LogP contribution in [-0.2, 0) is 0 Å². The monoisotopic (exact) mass is 487 g/mol. The fourth-order valence-electron chi connectivity index (χ4n) is 4.45. The SMILES string of the molecule is CC(C)NC(=O)Nc1ccc(-c2c(C#N)c3ccc(OCCCC(N)=NN)cc3n2C2CCC2)cc1. The van der Waals surface area contributed by atoms with Gasteiger partial charge in [-0.3, -0.25) is 0 Å². The lowest BCUT2D eigenvalue weighted by atomic mass is 9.92. The van der Waals surface area contributed by atoms with Crippen molar-refractivity contribution < 1.29 is 9.53 Å². The van der Waals surface area contributed by atoms with E-state index in [1.807, 2.05) is 56.3 Å². The molecular formula is C27H33N7O2. The Morgan fingerprint density at radius 2 is 2.00 bits per heavy atom. The van der Waals surface area contributed by atoms with E-state index in [1.54, 1.807) is 0 Å². The Labute approximate surface area is 211 Å². The molecule has 3 aromatic rings. The predicted octanol–water partition coefficient (Wildman–Crippen LogP) is 4.82. The second kappa shape index (κ2) is 11.0. The topological polar surface area (TPSA) is 143 Å². The molecule has 0 unspecified atom stereocenters. The molecule has 36 heavy (non-hydrogen) atoms. The van der Waals surface area contributed by atoms with E-state index < -0.39 is 0 Å². The molecule has 1 fully saturated rings. The molecule has 0 aliphatic heterocycles. The quantitative estimate of drug-likeness (QED) is 0.112. The van der Waals surface area contributed by atoms with Crippen molar-refractivity contribution in [1.82, 2.24) is 9.88 Å². The number of rotatable bonds is 9. The van der Waals surface area contributed by atoms with Crippen LogP contribution in [0.15, 0.2) is 47.6 Å². The maximum absolute atomic E-state index is 12.1. The van der Waals surface area contributed by atoms with Crippen LogP contribution in [-0.4, -0.2) is 29.1 Å². The van der Waals surface area contributed by atoms with Gasteiger partial charge in [0.05, 0.1) is 23.4 Å². The van der Waals surface area contributed by atoms with Gasteiger partial charge in [0.15, 0.2) is 0 Å². The molecule has 0 bridgehead atoms. The number of hydrogen-bond acceptors (Lipinski definition) is 5. The summed E-state index contributed by atoms with van der Waals surface area (Å²) < 4.78 is 8.26. The van der Waals surface area contributed by atoms with Crippen molar-refractivity contribution in [1.29, 1.82) is 5.26 Å². The first-order valence-electron chi connectivity index (χ1n) is 12.3. The maximum Gasteiger partial charge on any atom is 0.319 e. The number of fused-ring (bicyclic) bond motifs is 1. The van der Waals surface area contributed by atoms with Gasteiger partial charge in [0, 0.05) is 35.6 Å². The van der Waals surface area contributed by atoms with Gasteiger partial charge in [-0.1, -0.05) is 12.1 Å². The zero-order valence-corrected chi connectivity index (χ0v) is 20.8. The van der Waals surface area contributed by atoms with E-state index in [0.717, 1.165) is 40.8 Å². The third-order valence-electron chi connectivity index (χ3n) is 6.38. The van der Waals surface area contributed by atoms with Crippen molar-refractivity contribution in [2.75, 3.05) is 11.9 Å². The maximum atomic E-state index is 12.1. The fourth-order valence-corrected chi connectivity index (χ4v) is 4.45. The van der Waals surface area contributed by atoms with Gasteiger partial charge >= 0.3 is 6.03 Å². The molecular weight excluding hydrogens is 454 g/mol. The van der Waals surface area contributed by atoms with E-state index in [0.29, 0.717) is 42.6 Å². The average Bonchev–Trinajstić information content (AvgIpc) is 3.13. The zero-order chi connectivity index (χ0) is 25.7. The molecule has 188 valence electrons. The molecule has 4 rings (SSSR count). The van der Waals surface area contributed by atoms with Gasteiger partial charge < -0.3 is 31.5 Å². The second-order valence-corrected chi connectivity index (χ2v) is 9.37. The lowest BCUT2D eigenvalue weighted by molar-refractivity contribution is 0.250. The third-order valence-corrected chi connectivity index (χ3v) is 6.38. The smallest absolute Gasteiger partial charge is 0.319 e. The van der Waals surface area contributed by atoms with E-state index in [4.69, 9.17) is 16.3 Å². The van der Waals surface area contributed by atoms with Crippen LogP contribution in [0.3, 0.4) is 0 Å². The molecule has 1 aliphatic rings. The summed E-state index contributed by atoms with van der Waals surface area (Å²) in [4.78, 5) is 12.1. The van der Waals surface area contributed by atoms with Gasteiger partial charge in [-0.25, -0.2) is 4.79 Å². The average molecular weight is 488 g/mol. The Kier molecular flexibility index (Phi) is 7.64. The Morgan fingerprint density at radius 1 is 1.25 bits per heavy atom. The lowest BCUT2D eigenvalue weighted by Crippen LogP contribution is -2.34. The predicted molar refractivity (Wildman–Crippen MR) is 143 cm³/mol. The fraction of sp³-hybridized carbons (Fsp3) is 0.370. The largest absolute Gasteiger partial charge is 0.494 e. The van der Waals surface area contributed by atoms with Gasteiger partial charge in [0.2, 0.25) is 0 Å². The number of nitrogens with two attached hydrogens (primary N) is 2. The summed E-state index contributed by atoms with van der Waals surface area (Å²) in [6.07, 6.45) is 4.58. The highest BCUT2D eigenvalue weighted by Gasteiger charge is 2.28. The van der Waals surface area contributed by atoms with E-state index in [-0.39, 0.29) is 12.1 Å².